The van der Waals surface area contributed by atoms with Crippen molar-refractivity contribution in [1.82, 2.24) is 9.97 Å². The Kier molecular flexibility index (Phi) is 1.41. The maximum atomic E-state index is 5.60. The van der Waals surface area contributed by atoms with Crippen molar-refractivity contribution in [2.24, 2.45) is 0 Å². The molecule has 0 bridgehead atoms. The Morgan fingerprint density at radius 1 is 1.33 bits per heavy atom. The minimum atomic E-state index is 0.380. The van der Waals surface area contributed by atoms with Crippen LogP contribution in [0.25, 0.3) is 11.0 Å². The Labute approximate surface area is 74.4 Å². The Balaban J connectivity index is 2.88. The van der Waals surface area contributed by atoms with Crippen LogP contribution >= 0.6 is 12.6 Å². The fourth-order valence-corrected chi connectivity index (χ4v) is 1.46. The molecule has 12 heavy (non-hydrogen) atoms. The molecule has 0 radical (unpaired) electrons. The quantitative estimate of drug-likeness (QED) is 0.361. The first kappa shape index (κ1) is 7.30. The number of H-pyrrole nitrogens is 1. The fraction of sp³-hybridized carbons (Fsp3) is 0. The summed E-state index contributed by atoms with van der Waals surface area (Å²) in [5.74, 6) is 0.380. The van der Waals surface area contributed by atoms with Crippen LogP contribution in [0.5, 0.6) is 0 Å². The highest BCUT2D eigenvalue weighted by Gasteiger charge is 2.03. The molecule has 0 spiro atoms. The van der Waals surface area contributed by atoms with Crippen LogP contribution < -0.4 is 11.5 Å². The second kappa shape index (κ2) is 2.31. The number of nitrogens with zero attached hydrogens (tertiary/aromatic N) is 1. The van der Waals surface area contributed by atoms with E-state index in [-0.39, 0.29) is 0 Å². The summed E-state index contributed by atoms with van der Waals surface area (Å²) in [7, 11) is 0. The van der Waals surface area contributed by atoms with Gasteiger partial charge in [0.05, 0.1) is 5.52 Å². The van der Waals surface area contributed by atoms with Crippen molar-refractivity contribution in [1.29, 1.82) is 0 Å². The molecule has 0 atom stereocenters. The smallest absolute Gasteiger partial charge is 0.198 e. The number of nitrogens with two attached hydrogens (primary N) is 2. The van der Waals surface area contributed by atoms with Crippen LogP contribution in [0.3, 0.4) is 0 Å². The largest absolute Gasteiger partial charge is 0.399 e. The normalized spacial score (nSPS) is 10.8. The van der Waals surface area contributed by atoms with Gasteiger partial charge in [-0.05, 0) is 12.1 Å². The van der Waals surface area contributed by atoms with Crippen LogP contribution in [0, 0.1) is 0 Å². The molecule has 0 aliphatic heterocycles. The zero-order chi connectivity index (χ0) is 8.72. The standard InChI is InChI=1S/C7H8N4S/c8-3-1-4-6(5(12)2-3)11-7(9)10-4/h1-2,12H,8H2,(H3,9,10,11). The molecule has 0 amide bonds. The lowest BCUT2D eigenvalue weighted by Gasteiger charge is -1.95. The van der Waals surface area contributed by atoms with E-state index in [9.17, 15) is 0 Å². The number of rotatable bonds is 0. The molecular weight excluding hydrogens is 172 g/mol. The number of hydrogen-bond acceptors (Lipinski definition) is 4. The molecule has 1 aromatic carbocycles. The van der Waals surface area contributed by atoms with Crippen LogP contribution in [0.4, 0.5) is 11.6 Å². The predicted molar refractivity (Wildman–Crippen MR) is 52.2 cm³/mol. The summed E-state index contributed by atoms with van der Waals surface area (Å²) < 4.78 is 0. The lowest BCUT2D eigenvalue weighted by molar-refractivity contribution is 1.34. The Morgan fingerprint density at radius 3 is 2.83 bits per heavy atom. The van der Waals surface area contributed by atoms with Gasteiger partial charge in [0.25, 0.3) is 0 Å². The van der Waals surface area contributed by atoms with E-state index in [2.05, 4.69) is 22.6 Å². The minimum absolute atomic E-state index is 0.380. The van der Waals surface area contributed by atoms with Gasteiger partial charge in [-0.25, -0.2) is 4.98 Å². The lowest BCUT2D eigenvalue weighted by Crippen LogP contribution is -1.84. The maximum absolute atomic E-state index is 5.60. The molecule has 2 aromatic rings. The molecule has 0 aliphatic rings. The highest BCUT2D eigenvalue weighted by atomic mass is 32.1. The van der Waals surface area contributed by atoms with E-state index in [0.29, 0.717) is 11.6 Å². The highest BCUT2D eigenvalue weighted by molar-refractivity contribution is 7.80. The molecule has 0 saturated heterocycles. The van der Waals surface area contributed by atoms with E-state index >= 15 is 0 Å². The fourth-order valence-electron chi connectivity index (χ4n) is 1.14. The van der Waals surface area contributed by atoms with Crippen LogP contribution in [0.2, 0.25) is 0 Å². The number of hydrogen-bond donors (Lipinski definition) is 4. The van der Waals surface area contributed by atoms with E-state index in [1.807, 2.05) is 0 Å². The van der Waals surface area contributed by atoms with Gasteiger partial charge in [0.2, 0.25) is 0 Å². The highest BCUT2D eigenvalue weighted by Crippen LogP contribution is 2.23. The number of imidazole rings is 1. The molecule has 0 aliphatic carbocycles. The monoisotopic (exact) mass is 180 g/mol. The lowest BCUT2D eigenvalue weighted by atomic mass is 10.3. The number of benzene rings is 1. The number of aromatic nitrogens is 2. The SMILES string of the molecule is Nc1cc(S)c2nc(N)[nH]c2c1. The number of fused-ring (bicyclic) bond motifs is 1. The summed E-state index contributed by atoms with van der Waals surface area (Å²) in [4.78, 5) is 7.66. The third-order valence-corrected chi connectivity index (χ3v) is 1.95. The zero-order valence-corrected chi connectivity index (χ0v) is 7.10. The number of nitrogens with one attached hydrogen (secondary N) is 1. The first-order valence-electron chi connectivity index (χ1n) is 3.40. The van der Waals surface area contributed by atoms with Gasteiger partial charge in [-0.15, -0.1) is 12.6 Å². The zero-order valence-electron chi connectivity index (χ0n) is 6.20. The Morgan fingerprint density at radius 2 is 2.08 bits per heavy atom. The second-order valence-corrected chi connectivity index (χ2v) is 3.04. The van der Waals surface area contributed by atoms with Crippen LogP contribution in [0.1, 0.15) is 0 Å². The summed E-state index contributed by atoms with van der Waals surface area (Å²) in [5, 5.41) is 0. The Bertz CT molecular complexity index is 434. The van der Waals surface area contributed by atoms with Crippen LogP contribution in [0.15, 0.2) is 17.0 Å². The Hall–Kier alpha value is -1.36. The molecule has 0 saturated carbocycles. The van der Waals surface area contributed by atoms with Gasteiger partial charge in [-0.3, -0.25) is 0 Å². The van der Waals surface area contributed by atoms with Crippen molar-refractivity contribution < 1.29 is 0 Å². The molecule has 62 valence electrons. The van der Waals surface area contributed by atoms with Crippen molar-refractivity contribution in [3.8, 4) is 0 Å². The van der Waals surface area contributed by atoms with Crippen LogP contribution in [-0.4, -0.2) is 9.97 Å². The molecule has 0 unspecified atom stereocenters. The van der Waals surface area contributed by atoms with E-state index < -0.39 is 0 Å². The van der Waals surface area contributed by atoms with Gasteiger partial charge in [-0.2, -0.15) is 0 Å². The van der Waals surface area contributed by atoms with Crippen molar-refractivity contribution in [3.63, 3.8) is 0 Å². The van der Waals surface area contributed by atoms with Gasteiger partial charge in [0.15, 0.2) is 5.95 Å². The molecule has 5 N–H and O–H groups in total. The topological polar surface area (TPSA) is 80.7 Å². The molecule has 4 nitrogen and oxygen atoms in total. The molecule has 1 aromatic heterocycles. The van der Waals surface area contributed by atoms with Crippen molar-refractivity contribution in [3.05, 3.63) is 12.1 Å². The van der Waals surface area contributed by atoms with Gasteiger partial charge in [0, 0.05) is 10.6 Å². The summed E-state index contributed by atoms with van der Waals surface area (Å²) >= 11 is 4.22. The van der Waals surface area contributed by atoms with Crippen molar-refractivity contribution >= 4 is 35.3 Å². The third kappa shape index (κ3) is 0.984. The van der Waals surface area contributed by atoms with Crippen LogP contribution in [-0.2, 0) is 0 Å². The van der Waals surface area contributed by atoms with E-state index in [0.717, 1.165) is 15.9 Å². The number of thiol groups is 1. The number of aromatic amines is 1. The molecular formula is C7H8N4S. The van der Waals surface area contributed by atoms with Gasteiger partial charge < -0.3 is 16.5 Å². The van der Waals surface area contributed by atoms with E-state index in [1.54, 1.807) is 12.1 Å². The summed E-state index contributed by atoms with van der Waals surface area (Å²) in [6.45, 7) is 0. The third-order valence-electron chi connectivity index (χ3n) is 1.61. The molecule has 1 heterocycles. The maximum Gasteiger partial charge on any atom is 0.198 e. The van der Waals surface area contributed by atoms with Gasteiger partial charge in [0.1, 0.15) is 5.52 Å². The number of nitrogen functional groups attached to an aromatic ring is 2. The van der Waals surface area contributed by atoms with E-state index in [1.165, 1.54) is 0 Å². The molecule has 2 rings (SSSR count). The average molecular weight is 180 g/mol. The summed E-state index contributed by atoms with van der Waals surface area (Å²) in [5.41, 5.74) is 13.3. The summed E-state index contributed by atoms with van der Waals surface area (Å²) in [6, 6.07) is 3.52. The van der Waals surface area contributed by atoms with Crippen molar-refractivity contribution in [2.75, 3.05) is 11.5 Å². The molecule has 0 fully saturated rings. The minimum Gasteiger partial charge on any atom is -0.399 e. The first-order chi connectivity index (χ1) is 5.66. The first-order valence-corrected chi connectivity index (χ1v) is 3.85. The van der Waals surface area contributed by atoms with Gasteiger partial charge >= 0.3 is 0 Å². The number of anilines is 2. The van der Waals surface area contributed by atoms with Crippen molar-refractivity contribution in [2.45, 2.75) is 4.90 Å². The molecule has 5 heteroatoms. The average Bonchev–Trinajstić information content (AvgIpc) is 2.29. The predicted octanol–water partition coefficient (Wildman–Crippen LogP) is 1.02. The second-order valence-electron chi connectivity index (χ2n) is 2.56. The van der Waals surface area contributed by atoms with E-state index in [4.69, 9.17) is 11.5 Å². The summed E-state index contributed by atoms with van der Waals surface area (Å²) in [6.07, 6.45) is 0. The van der Waals surface area contributed by atoms with Gasteiger partial charge in [-0.1, -0.05) is 0 Å².